The van der Waals surface area contributed by atoms with Crippen LogP contribution in [-0.4, -0.2) is 49.5 Å². The van der Waals surface area contributed by atoms with Crippen LogP contribution in [0.2, 0.25) is 0 Å². The highest BCUT2D eigenvalue weighted by Crippen LogP contribution is 2.32. The first-order valence-electron chi connectivity index (χ1n) is 13.1. The number of nitro benzene ring substituents is 1. The molecule has 2 heterocycles. The molecule has 8 heteroatoms. The van der Waals surface area contributed by atoms with Crippen LogP contribution in [-0.2, 0) is 0 Å². The fraction of sp³-hybridized carbons (Fsp3) is 0.300. The minimum absolute atomic E-state index is 0.0802. The van der Waals surface area contributed by atoms with Gasteiger partial charge in [-0.05, 0) is 54.7 Å². The first-order valence-corrected chi connectivity index (χ1v) is 13.1. The Kier molecular flexibility index (Phi) is 7.31. The Hall–Kier alpha value is -4.33. The normalized spacial score (nSPS) is 14.3. The molecule has 0 saturated carbocycles. The third-order valence-corrected chi connectivity index (χ3v) is 7.41. The molecule has 38 heavy (non-hydrogen) atoms. The highest BCUT2D eigenvalue weighted by atomic mass is 16.6. The van der Waals surface area contributed by atoms with Crippen LogP contribution in [0.5, 0.6) is 0 Å². The lowest BCUT2D eigenvalue weighted by molar-refractivity contribution is -0.384. The zero-order chi connectivity index (χ0) is 26.6. The zero-order valence-corrected chi connectivity index (χ0v) is 21.8. The third kappa shape index (κ3) is 5.20. The largest absolute Gasteiger partial charge is 0.378 e. The van der Waals surface area contributed by atoms with Crippen LogP contribution in [0.4, 0.5) is 17.1 Å². The Morgan fingerprint density at radius 2 is 1.79 bits per heavy atom. The van der Waals surface area contributed by atoms with Gasteiger partial charge in [0.2, 0.25) is 0 Å². The zero-order valence-electron chi connectivity index (χ0n) is 21.8. The highest BCUT2D eigenvalue weighted by molar-refractivity contribution is 6.00. The molecule has 1 atom stereocenters. The van der Waals surface area contributed by atoms with Crippen LogP contribution in [0.15, 0.2) is 72.9 Å². The lowest BCUT2D eigenvalue weighted by Gasteiger charge is -2.30. The molecule has 5 rings (SSSR count). The molecule has 4 aromatic rings. The van der Waals surface area contributed by atoms with Crippen molar-refractivity contribution in [2.45, 2.75) is 25.2 Å². The number of nitrogens with zero attached hydrogens (tertiary/aromatic N) is 3. The van der Waals surface area contributed by atoms with Gasteiger partial charge in [0.1, 0.15) is 0 Å². The number of nitrogens with one attached hydrogen (secondary N) is 2. The molecule has 1 unspecified atom stereocenters. The first kappa shape index (κ1) is 25.3. The maximum Gasteiger partial charge on any atom is 0.270 e. The number of carbonyl (C=O) groups excluding carboxylic acids is 1. The average Bonchev–Trinajstić information content (AvgIpc) is 3.37. The Bertz CT molecular complexity index is 1440. The summed E-state index contributed by atoms with van der Waals surface area (Å²) in [6, 6.07) is 21.1. The van der Waals surface area contributed by atoms with Gasteiger partial charge in [-0.15, -0.1) is 0 Å². The Labute approximate surface area is 222 Å². The number of aromatic amines is 1. The van der Waals surface area contributed by atoms with Crippen LogP contribution in [0.3, 0.4) is 0 Å². The molecule has 1 aliphatic rings. The second kappa shape index (κ2) is 11.0. The van der Waals surface area contributed by atoms with Crippen molar-refractivity contribution < 1.29 is 9.72 Å². The number of hydrogen-bond donors (Lipinski definition) is 2. The summed E-state index contributed by atoms with van der Waals surface area (Å²) in [7, 11) is 4.01. The second-order valence-corrected chi connectivity index (χ2v) is 10.0. The molecule has 1 fully saturated rings. The quantitative estimate of drug-likeness (QED) is 0.234. The minimum atomic E-state index is -0.447. The summed E-state index contributed by atoms with van der Waals surface area (Å²) in [5.74, 6) is -0.410. The molecule has 0 bridgehead atoms. The van der Waals surface area contributed by atoms with E-state index < -0.39 is 4.92 Å². The molecule has 8 nitrogen and oxygen atoms in total. The van der Waals surface area contributed by atoms with Crippen molar-refractivity contribution in [1.82, 2.24) is 10.3 Å². The van der Waals surface area contributed by atoms with E-state index >= 15 is 0 Å². The Morgan fingerprint density at radius 3 is 2.50 bits per heavy atom. The van der Waals surface area contributed by atoms with Crippen molar-refractivity contribution in [3.8, 4) is 0 Å². The van der Waals surface area contributed by atoms with Crippen molar-refractivity contribution in [1.29, 1.82) is 0 Å². The number of piperidine rings is 1. The molecule has 1 amide bonds. The lowest BCUT2D eigenvalue weighted by atomic mass is 9.90. The SMILES string of the molecule is CN(C)c1ccc(C(CNC(=O)c2cc([N+](=O)[O-])ccc2N2CCCCC2)c2c[nH]c3ccccc23)cc1. The highest BCUT2D eigenvalue weighted by Gasteiger charge is 2.24. The molecular weight excluding hydrogens is 478 g/mol. The van der Waals surface area contributed by atoms with Gasteiger partial charge in [0.05, 0.1) is 16.2 Å². The maximum absolute atomic E-state index is 13.6. The topological polar surface area (TPSA) is 94.5 Å². The van der Waals surface area contributed by atoms with Gasteiger partial charge in [-0.3, -0.25) is 14.9 Å². The van der Waals surface area contributed by atoms with Gasteiger partial charge in [0, 0.05) is 74.6 Å². The van der Waals surface area contributed by atoms with Crippen LogP contribution < -0.4 is 15.1 Å². The molecule has 196 valence electrons. The molecule has 2 N–H and O–H groups in total. The summed E-state index contributed by atoms with van der Waals surface area (Å²) in [5, 5.41) is 15.7. The van der Waals surface area contributed by atoms with Gasteiger partial charge < -0.3 is 20.1 Å². The monoisotopic (exact) mass is 511 g/mol. The van der Waals surface area contributed by atoms with Crippen molar-refractivity contribution in [3.05, 3.63) is 99.7 Å². The lowest BCUT2D eigenvalue weighted by Crippen LogP contribution is -2.34. The van der Waals surface area contributed by atoms with E-state index in [2.05, 4.69) is 50.4 Å². The summed E-state index contributed by atoms with van der Waals surface area (Å²) < 4.78 is 0. The Morgan fingerprint density at radius 1 is 1.05 bits per heavy atom. The molecule has 1 aliphatic heterocycles. The number of anilines is 2. The number of H-pyrrole nitrogens is 1. The number of non-ortho nitro benzene ring substituents is 1. The number of aromatic nitrogens is 1. The van der Waals surface area contributed by atoms with Gasteiger partial charge in [0.15, 0.2) is 0 Å². The number of rotatable bonds is 8. The second-order valence-electron chi connectivity index (χ2n) is 10.0. The van der Waals surface area contributed by atoms with Crippen LogP contribution in [0, 0.1) is 10.1 Å². The number of amides is 1. The molecule has 1 saturated heterocycles. The van der Waals surface area contributed by atoms with Crippen molar-refractivity contribution >= 4 is 33.9 Å². The predicted molar refractivity (Wildman–Crippen MR) is 152 cm³/mol. The third-order valence-electron chi connectivity index (χ3n) is 7.41. The summed E-state index contributed by atoms with van der Waals surface area (Å²) in [4.78, 5) is 32.3. The van der Waals surface area contributed by atoms with Crippen molar-refractivity contribution in [2.24, 2.45) is 0 Å². The smallest absolute Gasteiger partial charge is 0.270 e. The number of carbonyl (C=O) groups is 1. The number of hydrogen-bond acceptors (Lipinski definition) is 5. The van der Waals surface area contributed by atoms with Gasteiger partial charge in [-0.2, -0.15) is 0 Å². The molecule has 3 aromatic carbocycles. The average molecular weight is 512 g/mol. The summed E-state index contributed by atoms with van der Waals surface area (Å²) >= 11 is 0. The van der Waals surface area contributed by atoms with Crippen LogP contribution >= 0.6 is 0 Å². The molecule has 0 radical (unpaired) electrons. The van der Waals surface area contributed by atoms with Gasteiger partial charge in [0.25, 0.3) is 11.6 Å². The van der Waals surface area contributed by atoms with E-state index in [-0.39, 0.29) is 17.5 Å². The summed E-state index contributed by atoms with van der Waals surface area (Å²) in [6.07, 6.45) is 5.26. The van der Waals surface area contributed by atoms with Crippen LogP contribution in [0.1, 0.15) is 46.7 Å². The minimum Gasteiger partial charge on any atom is -0.378 e. The number of fused-ring (bicyclic) bond motifs is 1. The molecular formula is C30H33N5O3. The van der Waals surface area contributed by atoms with E-state index in [4.69, 9.17) is 0 Å². The van der Waals surface area contributed by atoms with E-state index in [1.165, 1.54) is 12.1 Å². The fourth-order valence-electron chi connectivity index (χ4n) is 5.31. The van der Waals surface area contributed by atoms with Crippen LogP contribution in [0.25, 0.3) is 10.9 Å². The van der Waals surface area contributed by atoms with Crippen molar-refractivity contribution in [3.63, 3.8) is 0 Å². The molecule has 0 spiro atoms. The van der Waals surface area contributed by atoms with E-state index in [1.54, 1.807) is 6.07 Å². The number of nitro groups is 1. The van der Waals surface area contributed by atoms with Crippen molar-refractivity contribution in [2.75, 3.05) is 43.5 Å². The summed E-state index contributed by atoms with van der Waals surface area (Å²) in [6.45, 7) is 2.03. The Balaban J connectivity index is 1.47. The summed E-state index contributed by atoms with van der Waals surface area (Å²) in [5.41, 5.74) is 5.33. The van der Waals surface area contributed by atoms with Gasteiger partial charge >= 0.3 is 0 Å². The molecule has 0 aliphatic carbocycles. The fourth-order valence-corrected chi connectivity index (χ4v) is 5.31. The maximum atomic E-state index is 13.6. The standard InChI is InChI=1S/C30H33N5O3/c1-33(2)22-12-10-21(11-13-22)26(27-20-31-28-9-5-4-8-24(27)28)19-32-30(36)25-18-23(35(37)38)14-15-29(25)34-16-6-3-7-17-34/h4-5,8-15,18,20,26,31H,3,6-7,16-17,19H2,1-2H3,(H,32,36). The van der Waals surface area contributed by atoms with Gasteiger partial charge in [-0.25, -0.2) is 0 Å². The van der Waals surface area contributed by atoms with E-state index in [0.29, 0.717) is 12.1 Å². The first-order chi connectivity index (χ1) is 18.4. The van der Waals surface area contributed by atoms with E-state index in [9.17, 15) is 14.9 Å². The van der Waals surface area contributed by atoms with E-state index in [1.807, 2.05) is 38.5 Å². The predicted octanol–water partition coefficient (Wildman–Crippen LogP) is 5.69. The van der Waals surface area contributed by atoms with Gasteiger partial charge in [-0.1, -0.05) is 30.3 Å². The van der Waals surface area contributed by atoms with E-state index in [0.717, 1.165) is 65.8 Å². The number of benzene rings is 3. The molecule has 1 aromatic heterocycles. The number of para-hydroxylation sites is 1.